The number of nitrogens with zero attached hydrogens (tertiary/aromatic N) is 4. The Bertz CT molecular complexity index is 1080. The van der Waals surface area contributed by atoms with E-state index >= 15 is 0 Å². The highest BCUT2D eigenvalue weighted by Crippen LogP contribution is 2.37. The number of hydrogen-bond donors (Lipinski definition) is 0. The molecule has 24 heavy (non-hydrogen) atoms. The van der Waals surface area contributed by atoms with Gasteiger partial charge in [0.25, 0.3) is 0 Å². The third-order valence-electron chi connectivity index (χ3n) is 3.69. The number of ether oxygens (including phenoxy) is 2. The first-order valence-corrected chi connectivity index (χ1v) is 7.98. The summed E-state index contributed by atoms with van der Waals surface area (Å²) < 4.78 is 25.8. The van der Waals surface area contributed by atoms with E-state index in [4.69, 9.17) is 9.47 Å². The minimum Gasteiger partial charge on any atom is -0.454 e. The van der Waals surface area contributed by atoms with Crippen molar-refractivity contribution in [1.29, 1.82) is 0 Å². The van der Waals surface area contributed by atoms with Gasteiger partial charge in [-0.05, 0) is 30.3 Å². The van der Waals surface area contributed by atoms with Gasteiger partial charge in [0.1, 0.15) is 10.8 Å². The summed E-state index contributed by atoms with van der Waals surface area (Å²) in [7, 11) is 0. The number of hydrogen-bond acceptors (Lipinski definition) is 6. The Balaban J connectivity index is 1.62. The Morgan fingerprint density at radius 3 is 2.83 bits per heavy atom. The largest absolute Gasteiger partial charge is 0.454 e. The molecule has 8 heteroatoms. The molecule has 4 aromatic rings. The first-order chi connectivity index (χ1) is 11.8. The van der Waals surface area contributed by atoms with Gasteiger partial charge in [0.2, 0.25) is 11.8 Å². The first-order valence-electron chi connectivity index (χ1n) is 7.16. The Morgan fingerprint density at radius 2 is 1.92 bits per heavy atom. The van der Waals surface area contributed by atoms with E-state index in [9.17, 15) is 4.39 Å². The molecule has 2 aromatic carbocycles. The average molecular weight is 340 g/mol. The topological polar surface area (TPSA) is 61.5 Å². The van der Waals surface area contributed by atoms with Crippen LogP contribution >= 0.6 is 11.3 Å². The molecule has 0 N–H and O–H groups in total. The van der Waals surface area contributed by atoms with Crippen molar-refractivity contribution < 1.29 is 13.9 Å². The first kappa shape index (κ1) is 13.4. The highest BCUT2D eigenvalue weighted by molar-refractivity contribution is 7.19. The van der Waals surface area contributed by atoms with Crippen molar-refractivity contribution in [3.63, 3.8) is 0 Å². The number of halogens is 1. The summed E-state index contributed by atoms with van der Waals surface area (Å²) in [6.07, 6.45) is 0. The highest BCUT2D eigenvalue weighted by atomic mass is 32.1. The second kappa shape index (κ2) is 5.00. The normalized spacial score (nSPS) is 12.9. The van der Waals surface area contributed by atoms with E-state index in [0.29, 0.717) is 22.1 Å². The van der Waals surface area contributed by atoms with Crippen LogP contribution in [0, 0.1) is 5.82 Å². The van der Waals surface area contributed by atoms with Crippen molar-refractivity contribution in [2.45, 2.75) is 0 Å². The van der Waals surface area contributed by atoms with E-state index in [-0.39, 0.29) is 12.6 Å². The van der Waals surface area contributed by atoms with Crippen LogP contribution in [0.15, 0.2) is 42.5 Å². The fourth-order valence-electron chi connectivity index (χ4n) is 2.57. The van der Waals surface area contributed by atoms with E-state index in [1.54, 1.807) is 16.6 Å². The van der Waals surface area contributed by atoms with Crippen LogP contribution in [-0.4, -0.2) is 26.6 Å². The van der Waals surface area contributed by atoms with Crippen LogP contribution in [0.1, 0.15) is 0 Å². The molecule has 0 bridgehead atoms. The standard InChI is InChI=1S/C16H9FN4O2S/c17-11-3-1-2-9(6-11)14-18-19-16-21(14)20-15(24-16)10-4-5-12-13(7-10)23-8-22-12/h1-7H,8H2. The predicted octanol–water partition coefficient (Wildman–Crippen LogP) is 3.39. The Kier molecular flexibility index (Phi) is 2.80. The van der Waals surface area contributed by atoms with Crippen LogP contribution in [-0.2, 0) is 0 Å². The molecule has 3 heterocycles. The van der Waals surface area contributed by atoms with Crippen molar-refractivity contribution in [2.75, 3.05) is 6.79 Å². The van der Waals surface area contributed by atoms with E-state index in [2.05, 4.69) is 15.3 Å². The number of fused-ring (bicyclic) bond motifs is 2. The Hall–Kier alpha value is -3.00. The van der Waals surface area contributed by atoms with Crippen molar-refractivity contribution in [2.24, 2.45) is 0 Å². The third-order valence-corrected chi connectivity index (χ3v) is 4.64. The SMILES string of the molecule is Fc1cccc(-c2nnc3sc(-c4ccc5c(c4)OCO5)nn23)c1. The fraction of sp³-hybridized carbons (Fsp3) is 0.0625. The molecule has 1 aliphatic rings. The summed E-state index contributed by atoms with van der Waals surface area (Å²) >= 11 is 1.40. The number of rotatable bonds is 2. The molecule has 1 aliphatic heterocycles. The van der Waals surface area contributed by atoms with Crippen molar-refractivity contribution in [3.8, 4) is 33.5 Å². The molecule has 0 saturated heterocycles. The fourth-order valence-corrected chi connectivity index (χ4v) is 3.41. The molecule has 0 amide bonds. The van der Waals surface area contributed by atoms with Gasteiger partial charge in [-0.15, -0.1) is 10.2 Å². The van der Waals surface area contributed by atoms with E-state index in [0.717, 1.165) is 16.3 Å². The maximum Gasteiger partial charge on any atom is 0.235 e. The van der Waals surface area contributed by atoms with Crippen molar-refractivity contribution in [3.05, 3.63) is 48.3 Å². The lowest BCUT2D eigenvalue weighted by Gasteiger charge is -1.99. The molecule has 6 nitrogen and oxygen atoms in total. The second-order valence-corrected chi connectivity index (χ2v) is 6.16. The van der Waals surface area contributed by atoms with Gasteiger partial charge in [-0.3, -0.25) is 0 Å². The summed E-state index contributed by atoms with van der Waals surface area (Å²) in [6.45, 7) is 0.230. The number of aromatic nitrogens is 4. The zero-order valence-electron chi connectivity index (χ0n) is 12.1. The van der Waals surface area contributed by atoms with Gasteiger partial charge in [-0.1, -0.05) is 23.5 Å². The van der Waals surface area contributed by atoms with Crippen LogP contribution in [0.2, 0.25) is 0 Å². The van der Waals surface area contributed by atoms with Gasteiger partial charge < -0.3 is 9.47 Å². The third kappa shape index (κ3) is 2.04. The Labute approximate surface area is 139 Å². The quantitative estimate of drug-likeness (QED) is 0.560. The maximum atomic E-state index is 13.5. The summed E-state index contributed by atoms with van der Waals surface area (Å²) in [4.78, 5) is 0.641. The lowest BCUT2D eigenvalue weighted by Crippen LogP contribution is -1.93. The molecule has 2 aromatic heterocycles. The predicted molar refractivity (Wildman–Crippen MR) is 85.6 cm³/mol. The molecule has 0 saturated carbocycles. The maximum absolute atomic E-state index is 13.5. The van der Waals surface area contributed by atoms with Crippen LogP contribution in [0.4, 0.5) is 4.39 Å². The molecule has 118 valence electrons. The lowest BCUT2D eigenvalue weighted by atomic mass is 10.2. The van der Waals surface area contributed by atoms with Gasteiger partial charge in [-0.2, -0.15) is 9.61 Å². The van der Waals surface area contributed by atoms with Crippen LogP contribution in [0.5, 0.6) is 11.5 Å². The van der Waals surface area contributed by atoms with Gasteiger partial charge in [0.05, 0.1) is 0 Å². The zero-order chi connectivity index (χ0) is 16.1. The van der Waals surface area contributed by atoms with Gasteiger partial charge >= 0.3 is 0 Å². The van der Waals surface area contributed by atoms with Crippen LogP contribution < -0.4 is 9.47 Å². The van der Waals surface area contributed by atoms with E-state index < -0.39 is 0 Å². The van der Waals surface area contributed by atoms with E-state index in [1.807, 2.05) is 18.2 Å². The lowest BCUT2D eigenvalue weighted by molar-refractivity contribution is 0.174. The van der Waals surface area contributed by atoms with Crippen LogP contribution in [0.25, 0.3) is 26.9 Å². The smallest absolute Gasteiger partial charge is 0.235 e. The second-order valence-electron chi connectivity index (χ2n) is 5.20. The average Bonchev–Trinajstić information content (AvgIpc) is 3.29. The molecule has 0 fully saturated rings. The minimum atomic E-state index is -0.324. The molecule has 0 radical (unpaired) electrons. The molecule has 5 rings (SSSR count). The molecule has 0 unspecified atom stereocenters. The highest BCUT2D eigenvalue weighted by Gasteiger charge is 2.18. The minimum absolute atomic E-state index is 0.230. The summed E-state index contributed by atoms with van der Waals surface area (Å²) in [5.41, 5.74) is 1.53. The molecule has 0 atom stereocenters. The number of benzene rings is 2. The summed E-state index contributed by atoms with van der Waals surface area (Å²) in [5, 5.41) is 13.6. The summed E-state index contributed by atoms with van der Waals surface area (Å²) in [6, 6.07) is 11.9. The van der Waals surface area contributed by atoms with E-state index in [1.165, 1.54) is 23.5 Å². The Morgan fingerprint density at radius 1 is 1.00 bits per heavy atom. The monoisotopic (exact) mass is 340 g/mol. The van der Waals surface area contributed by atoms with Crippen molar-refractivity contribution >= 4 is 16.3 Å². The van der Waals surface area contributed by atoms with Gasteiger partial charge in [-0.25, -0.2) is 4.39 Å². The van der Waals surface area contributed by atoms with Gasteiger partial charge in [0.15, 0.2) is 17.3 Å². The summed E-state index contributed by atoms with van der Waals surface area (Å²) in [5.74, 6) is 1.61. The van der Waals surface area contributed by atoms with Crippen molar-refractivity contribution in [1.82, 2.24) is 19.8 Å². The molecule has 0 aliphatic carbocycles. The molecule has 0 spiro atoms. The molecular formula is C16H9FN4O2S. The van der Waals surface area contributed by atoms with Gasteiger partial charge in [0, 0.05) is 11.1 Å². The van der Waals surface area contributed by atoms with Crippen LogP contribution in [0.3, 0.4) is 0 Å². The zero-order valence-corrected chi connectivity index (χ0v) is 13.0. The molecular weight excluding hydrogens is 331 g/mol.